The van der Waals surface area contributed by atoms with Crippen LogP contribution in [0, 0.1) is 12.7 Å². The number of likely N-dealkylation sites (tertiary alicyclic amines) is 1. The molecule has 1 saturated heterocycles. The third-order valence-electron chi connectivity index (χ3n) is 4.34. The molecule has 2 N–H and O–H groups in total. The van der Waals surface area contributed by atoms with Gasteiger partial charge in [-0.3, -0.25) is 4.90 Å². The monoisotopic (exact) mass is 347 g/mol. The van der Waals surface area contributed by atoms with Crippen LogP contribution in [0.4, 0.5) is 10.1 Å². The minimum Gasteiger partial charge on any atom is -0.468 e. The van der Waals surface area contributed by atoms with Crippen molar-refractivity contribution in [3.8, 4) is 0 Å². The van der Waals surface area contributed by atoms with E-state index in [2.05, 4.69) is 15.5 Å². The second-order valence-electron chi connectivity index (χ2n) is 6.07. The molecule has 0 aliphatic carbocycles. The molecule has 0 spiro atoms. The predicted octanol–water partition coefficient (Wildman–Crippen LogP) is 3.85. The molecule has 3 rings (SSSR count). The maximum Gasteiger partial charge on any atom is 0.170 e. The maximum atomic E-state index is 13.6. The van der Waals surface area contributed by atoms with Crippen molar-refractivity contribution >= 4 is 23.0 Å². The van der Waals surface area contributed by atoms with Gasteiger partial charge in [0.05, 0.1) is 12.3 Å². The van der Waals surface area contributed by atoms with Crippen molar-refractivity contribution in [2.45, 2.75) is 25.8 Å². The molecule has 1 aromatic carbocycles. The zero-order valence-electron chi connectivity index (χ0n) is 13.7. The van der Waals surface area contributed by atoms with Crippen molar-refractivity contribution in [2.75, 3.05) is 25.0 Å². The molecule has 4 nitrogen and oxygen atoms in total. The summed E-state index contributed by atoms with van der Waals surface area (Å²) in [5.74, 6) is 0.696. The minimum atomic E-state index is -0.242. The number of halogens is 1. The summed E-state index contributed by atoms with van der Waals surface area (Å²) in [6.07, 6.45) is 4.12. The lowest BCUT2D eigenvalue weighted by Gasteiger charge is -2.26. The molecule has 6 heteroatoms. The fourth-order valence-corrected chi connectivity index (χ4v) is 3.18. The van der Waals surface area contributed by atoms with E-state index in [1.165, 1.54) is 18.9 Å². The third kappa shape index (κ3) is 4.13. The third-order valence-corrected chi connectivity index (χ3v) is 4.59. The SMILES string of the molecule is Cc1ccc(NC(=S)NC[C@H](c2ccco2)N2CCCC2)cc1F. The average molecular weight is 347 g/mol. The summed E-state index contributed by atoms with van der Waals surface area (Å²) >= 11 is 5.34. The van der Waals surface area contributed by atoms with Crippen LogP contribution in [-0.2, 0) is 0 Å². The van der Waals surface area contributed by atoms with Crippen LogP contribution in [0.3, 0.4) is 0 Å². The molecule has 24 heavy (non-hydrogen) atoms. The van der Waals surface area contributed by atoms with Gasteiger partial charge in [0.1, 0.15) is 11.6 Å². The first-order valence-electron chi connectivity index (χ1n) is 8.22. The molecule has 0 radical (unpaired) electrons. The molecule has 1 aromatic heterocycles. The molecule has 2 heterocycles. The van der Waals surface area contributed by atoms with Gasteiger partial charge in [-0.05, 0) is 74.9 Å². The summed E-state index contributed by atoms with van der Waals surface area (Å²) in [5.41, 5.74) is 1.26. The van der Waals surface area contributed by atoms with E-state index >= 15 is 0 Å². The highest BCUT2D eigenvalue weighted by molar-refractivity contribution is 7.80. The number of rotatable bonds is 5. The van der Waals surface area contributed by atoms with Gasteiger partial charge in [-0.2, -0.15) is 0 Å². The number of benzene rings is 1. The van der Waals surface area contributed by atoms with Crippen molar-refractivity contribution < 1.29 is 8.81 Å². The van der Waals surface area contributed by atoms with Crippen LogP contribution < -0.4 is 10.6 Å². The fraction of sp³-hybridized carbons (Fsp3) is 0.389. The van der Waals surface area contributed by atoms with E-state index in [-0.39, 0.29) is 11.9 Å². The molecule has 0 unspecified atom stereocenters. The topological polar surface area (TPSA) is 40.4 Å². The first kappa shape index (κ1) is 16.9. The fourth-order valence-electron chi connectivity index (χ4n) is 2.98. The standard InChI is InChI=1S/C18H22FN3OS/c1-13-6-7-14(11-15(13)19)21-18(24)20-12-16(17-5-4-10-23-17)22-8-2-3-9-22/h4-7,10-11,16H,2-3,8-9,12H2,1H3,(H2,20,21,24)/t16-/m1/s1. The van der Waals surface area contributed by atoms with Gasteiger partial charge < -0.3 is 15.1 Å². The van der Waals surface area contributed by atoms with Gasteiger partial charge in [0.25, 0.3) is 0 Å². The summed E-state index contributed by atoms with van der Waals surface area (Å²) in [7, 11) is 0. The number of nitrogens with one attached hydrogen (secondary N) is 2. The van der Waals surface area contributed by atoms with Gasteiger partial charge >= 0.3 is 0 Å². The minimum absolute atomic E-state index is 0.150. The van der Waals surface area contributed by atoms with Crippen LogP contribution in [0.2, 0.25) is 0 Å². The normalized spacial score (nSPS) is 16.1. The first-order valence-corrected chi connectivity index (χ1v) is 8.63. The first-order chi connectivity index (χ1) is 11.6. The summed E-state index contributed by atoms with van der Waals surface area (Å²) in [4.78, 5) is 2.40. The Hall–Kier alpha value is -1.92. The van der Waals surface area contributed by atoms with E-state index < -0.39 is 0 Å². The Morgan fingerprint density at radius 1 is 1.33 bits per heavy atom. The number of anilines is 1. The quantitative estimate of drug-likeness (QED) is 0.804. The lowest BCUT2D eigenvalue weighted by Crippen LogP contribution is -2.38. The molecule has 0 bridgehead atoms. The summed E-state index contributed by atoms with van der Waals surface area (Å²) < 4.78 is 19.2. The van der Waals surface area contributed by atoms with E-state index in [0.717, 1.165) is 18.8 Å². The van der Waals surface area contributed by atoms with E-state index in [0.29, 0.717) is 22.9 Å². The Balaban J connectivity index is 1.59. The smallest absolute Gasteiger partial charge is 0.170 e. The molecule has 0 amide bonds. The number of thiocarbonyl (C=S) groups is 1. The number of nitrogens with zero attached hydrogens (tertiary/aromatic N) is 1. The molecule has 2 aromatic rings. The summed E-state index contributed by atoms with van der Waals surface area (Å²) in [6, 6.07) is 9.05. The lowest BCUT2D eigenvalue weighted by molar-refractivity contribution is 0.216. The zero-order valence-corrected chi connectivity index (χ0v) is 14.5. The zero-order chi connectivity index (χ0) is 16.9. The van der Waals surface area contributed by atoms with Gasteiger partial charge in [0.15, 0.2) is 5.11 Å². The van der Waals surface area contributed by atoms with E-state index in [4.69, 9.17) is 16.6 Å². The number of aryl methyl sites for hydroxylation is 1. The number of hydrogen-bond acceptors (Lipinski definition) is 3. The Kier molecular flexibility index (Phi) is 5.48. The molecule has 1 fully saturated rings. The molecule has 1 aliphatic heterocycles. The highest BCUT2D eigenvalue weighted by atomic mass is 32.1. The Labute approximate surface area is 147 Å². The van der Waals surface area contributed by atoms with Gasteiger partial charge in [-0.1, -0.05) is 6.07 Å². The Bertz CT molecular complexity index is 684. The van der Waals surface area contributed by atoms with Gasteiger partial charge in [-0.25, -0.2) is 4.39 Å². The molecule has 0 saturated carbocycles. The van der Waals surface area contributed by atoms with Crippen LogP contribution in [-0.4, -0.2) is 29.6 Å². The highest BCUT2D eigenvalue weighted by Gasteiger charge is 2.25. The largest absolute Gasteiger partial charge is 0.468 e. The van der Waals surface area contributed by atoms with Crippen LogP contribution in [0.5, 0.6) is 0 Å². The molecule has 1 aliphatic rings. The predicted molar refractivity (Wildman–Crippen MR) is 97.6 cm³/mol. The molecule has 1 atom stereocenters. The van der Waals surface area contributed by atoms with Crippen molar-refractivity contribution in [1.29, 1.82) is 0 Å². The number of hydrogen-bond donors (Lipinski definition) is 2. The van der Waals surface area contributed by atoms with Crippen LogP contribution in [0.1, 0.15) is 30.2 Å². The second kappa shape index (κ2) is 7.77. The van der Waals surface area contributed by atoms with Crippen molar-refractivity contribution in [3.63, 3.8) is 0 Å². The van der Waals surface area contributed by atoms with Gasteiger partial charge in [0, 0.05) is 12.2 Å². The van der Waals surface area contributed by atoms with Crippen LogP contribution >= 0.6 is 12.2 Å². The van der Waals surface area contributed by atoms with E-state index in [1.54, 1.807) is 19.3 Å². The van der Waals surface area contributed by atoms with E-state index in [9.17, 15) is 4.39 Å². The average Bonchev–Trinajstić information content (AvgIpc) is 3.25. The van der Waals surface area contributed by atoms with Crippen molar-refractivity contribution in [2.24, 2.45) is 0 Å². The maximum absolute atomic E-state index is 13.6. The summed E-state index contributed by atoms with van der Waals surface area (Å²) in [5, 5.41) is 6.74. The molecular formula is C18H22FN3OS. The lowest BCUT2D eigenvalue weighted by atomic mass is 10.2. The molecule has 128 valence electrons. The summed E-state index contributed by atoms with van der Waals surface area (Å²) in [6.45, 7) is 4.51. The highest BCUT2D eigenvalue weighted by Crippen LogP contribution is 2.25. The van der Waals surface area contributed by atoms with Crippen LogP contribution in [0.15, 0.2) is 41.0 Å². The van der Waals surface area contributed by atoms with Gasteiger partial charge in [-0.15, -0.1) is 0 Å². The number of furan rings is 1. The Morgan fingerprint density at radius 3 is 2.79 bits per heavy atom. The van der Waals surface area contributed by atoms with Crippen molar-refractivity contribution in [3.05, 3.63) is 53.7 Å². The van der Waals surface area contributed by atoms with Crippen LogP contribution in [0.25, 0.3) is 0 Å². The molecular weight excluding hydrogens is 325 g/mol. The second-order valence-corrected chi connectivity index (χ2v) is 6.48. The van der Waals surface area contributed by atoms with E-state index in [1.807, 2.05) is 18.2 Å². The van der Waals surface area contributed by atoms with Gasteiger partial charge in [0.2, 0.25) is 0 Å². The van der Waals surface area contributed by atoms with Crippen molar-refractivity contribution in [1.82, 2.24) is 10.2 Å². The Morgan fingerprint density at radius 2 is 2.12 bits per heavy atom.